The lowest BCUT2D eigenvalue weighted by atomic mass is 10.1. The number of fused-ring (bicyclic) bond motifs is 1. The van der Waals surface area contributed by atoms with Crippen molar-refractivity contribution in [2.75, 3.05) is 0 Å². The molecule has 2 aromatic carbocycles. The molecule has 1 aromatic heterocycles. The number of halogens is 2. The lowest BCUT2D eigenvalue weighted by molar-refractivity contribution is 0.0697. The van der Waals surface area contributed by atoms with Crippen molar-refractivity contribution in [3.8, 4) is 11.4 Å². The maximum absolute atomic E-state index is 11.0. The number of rotatable bonds is 2. The van der Waals surface area contributed by atoms with Gasteiger partial charge in [0.2, 0.25) is 0 Å². The molecule has 2 N–H and O–H groups in total. The number of carboxylic acid groups (broad SMARTS) is 1. The monoisotopic (exact) mass is 394 g/mol. The van der Waals surface area contributed by atoms with E-state index in [2.05, 4.69) is 41.8 Å². The Kier molecular flexibility index (Phi) is 3.35. The fourth-order valence-electron chi connectivity index (χ4n) is 1.98. The van der Waals surface area contributed by atoms with Crippen LogP contribution in [0.2, 0.25) is 0 Å². The lowest BCUT2D eigenvalue weighted by Gasteiger charge is -1.98. The molecule has 1 heterocycles. The Morgan fingerprint density at radius 3 is 2.75 bits per heavy atom. The van der Waals surface area contributed by atoms with Gasteiger partial charge in [-0.1, -0.05) is 28.1 Å². The average molecular weight is 396 g/mol. The molecule has 0 aliphatic carbocycles. The maximum atomic E-state index is 11.0. The number of carbonyl (C=O) groups is 1. The molecule has 0 bridgehead atoms. The minimum atomic E-state index is -0.952. The van der Waals surface area contributed by atoms with E-state index in [0.29, 0.717) is 5.82 Å². The van der Waals surface area contributed by atoms with Crippen LogP contribution in [0, 0.1) is 0 Å². The Hall–Kier alpha value is -1.66. The minimum Gasteiger partial charge on any atom is -0.478 e. The molecule has 0 aliphatic heterocycles. The van der Waals surface area contributed by atoms with Gasteiger partial charge in [-0.3, -0.25) is 0 Å². The highest BCUT2D eigenvalue weighted by atomic mass is 79.9. The highest BCUT2D eigenvalue weighted by Crippen LogP contribution is 2.29. The summed E-state index contributed by atoms with van der Waals surface area (Å²) in [5, 5.41) is 9.03. The number of H-pyrrole nitrogens is 1. The molecule has 0 unspecified atom stereocenters. The Morgan fingerprint density at radius 2 is 2.00 bits per heavy atom. The molecule has 0 saturated carbocycles. The first-order chi connectivity index (χ1) is 9.54. The fourth-order valence-corrected chi connectivity index (χ4v) is 3.29. The second kappa shape index (κ2) is 5.03. The molecule has 3 rings (SSSR count). The standard InChI is InChI=1S/C14H8Br2N2O2/c15-9-5-10(16)12-11(6-9)17-13(18-12)7-2-1-3-8(4-7)14(19)20/h1-6H,(H,17,18)(H,19,20). The van der Waals surface area contributed by atoms with Gasteiger partial charge in [-0.25, -0.2) is 9.78 Å². The van der Waals surface area contributed by atoms with Crippen molar-refractivity contribution < 1.29 is 9.90 Å². The van der Waals surface area contributed by atoms with Crippen molar-refractivity contribution in [1.29, 1.82) is 0 Å². The largest absolute Gasteiger partial charge is 0.478 e. The van der Waals surface area contributed by atoms with Crippen LogP contribution < -0.4 is 0 Å². The van der Waals surface area contributed by atoms with E-state index in [4.69, 9.17) is 5.11 Å². The quantitative estimate of drug-likeness (QED) is 0.673. The predicted molar refractivity (Wildman–Crippen MR) is 83.9 cm³/mol. The van der Waals surface area contributed by atoms with E-state index in [1.807, 2.05) is 18.2 Å². The van der Waals surface area contributed by atoms with Gasteiger partial charge in [0, 0.05) is 14.5 Å². The number of benzene rings is 2. The van der Waals surface area contributed by atoms with E-state index >= 15 is 0 Å². The molecular formula is C14H8Br2N2O2. The summed E-state index contributed by atoms with van der Waals surface area (Å²) in [6.45, 7) is 0. The third-order valence-electron chi connectivity index (χ3n) is 2.89. The zero-order chi connectivity index (χ0) is 14.3. The predicted octanol–water partition coefficient (Wildman–Crippen LogP) is 4.45. The zero-order valence-corrected chi connectivity index (χ0v) is 13.2. The Balaban J connectivity index is 2.17. The summed E-state index contributed by atoms with van der Waals surface area (Å²) in [6, 6.07) is 10.5. The Labute approximate surface area is 131 Å². The molecule has 100 valence electrons. The maximum Gasteiger partial charge on any atom is 0.335 e. The summed E-state index contributed by atoms with van der Waals surface area (Å²) in [7, 11) is 0. The topological polar surface area (TPSA) is 66.0 Å². The summed E-state index contributed by atoms with van der Waals surface area (Å²) in [5.74, 6) is -0.311. The van der Waals surface area contributed by atoms with Gasteiger partial charge in [0.05, 0.1) is 11.1 Å². The van der Waals surface area contributed by atoms with Gasteiger partial charge in [-0.15, -0.1) is 0 Å². The smallest absolute Gasteiger partial charge is 0.335 e. The number of nitrogens with zero attached hydrogens (tertiary/aromatic N) is 1. The molecule has 4 nitrogen and oxygen atoms in total. The third kappa shape index (κ3) is 2.36. The molecule has 0 atom stereocenters. The van der Waals surface area contributed by atoms with Crippen molar-refractivity contribution in [3.05, 3.63) is 50.9 Å². The molecule has 0 radical (unpaired) electrons. The van der Waals surface area contributed by atoms with Gasteiger partial charge in [0.1, 0.15) is 11.3 Å². The van der Waals surface area contributed by atoms with E-state index in [0.717, 1.165) is 25.5 Å². The van der Waals surface area contributed by atoms with Crippen LogP contribution in [0.4, 0.5) is 0 Å². The minimum absolute atomic E-state index is 0.239. The van der Waals surface area contributed by atoms with Crippen LogP contribution in [0.3, 0.4) is 0 Å². The number of hydrogen-bond acceptors (Lipinski definition) is 2. The van der Waals surface area contributed by atoms with Gasteiger partial charge < -0.3 is 10.1 Å². The summed E-state index contributed by atoms with van der Waals surface area (Å²) in [4.78, 5) is 18.7. The van der Waals surface area contributed by atoms with Crippen LogP contribution in [-0.2, 0) is 0 Å². The summed E-state index contributed by atoms with van der Waals surface area (Å²) in [5.41, 5.74) is 2.67. The number of hydrogen-bond donors (Lipinski definition) is 2. The molecule has 3 aromatic rings. The highest BCUT2D eigenvalue weighted by molar-refractivity contribution is 9.11. The summed E-state index contributed by atoms with van der Waals surface area (Å²) >= 11 is 6.89. The molecule has 0 saturated heterocycles. The number of aromatic nitrogens is 2. The van der Waals surface area contributed by atoms with Crippen LogP contribution in [0.15, 0.2) is 45.3 Å². The van der Waals surface area contributed by atoms with Crippen molar-refractivity contribution >= 4 is 48.9 Å². The van der Waals surface area contributed by atoms with E-state index in [9.17, 15) is 4.79 Å². The van der Waals surface area contributed by atoms with E-state index in [1.165, 1.54) is 0 Å². The van der Waals surface area contributed by atoms with Crippen molar-refractivity contribution in [2.24, 2.45) is 0 Å². The van der Waals surface area contributed by atoms with Crippen LogP contribution in [0.25, 0.3) is 22.4 Å². The number of carboxylic acids is 1. The number of aromatic carboxylic acids is 1. The molecule has 6 heteroatoms. The van der Waals surface area contributed by atoms with Gasteiger partial charge >= 0.3 is 5.97 Å². The Bertz CT molecular complexity index is 827. The van der Waals surface area contributed by atoms with E-state index in [1.54, 1.807) is 18.2 Å². The summed E-state index contributed by atoms with van der Waals surface area (Å²) < 4.78 is 1.81. The Morgan fingerprint density at radius 1 is 1.20 bits per heavy atom. The van der Waals surface area contributed by atoms with Crippen LogP contribution in [0.1, 0.15) is 10.4 Å². The second-order valence-corrected chi connectivity index (χ2v) is 6.03. The first-order valence-corrected chi connectivity index (χ1v) is 7.31. The van der Waals surface area contributed by atoms with E-state index in [-0.39, 0.29) is 5.56 Å². The second-order valence-electron chi connectivity index (χ2n) is 4.26. The van der Waals surface area contributed by atoms with Gasteiger partial charge in [-0.2, -0.15) is 0 Å². The molecule has 0 amide bonds. The van der Waals surface area contributed by atoms with Gasteiger partial charge in [0.25, 0.3) is 0 Å². The summed E-state index contributed by atoms with van der Waals surface area (Å²) in [6.07, 6.45) is 0. The van der Waals surface area contributed by atoms with Crippen LogP contribution in [-0.4, -0.2) is 21.0 Å². The van der Waals surface area contributed by atoms with Crippen LogP contribution >= 0.6 is 31.9 Å². The van der Waals surface area contributed by atoms with E-state index < -0.39 is 5.97 Å². The first kappa shape index (κ1) is 13.3. The highest BCUT2D eigenvalue weighted by Gasteiger charge is 2.11. The molecule has 0 aliphatic rings. The van der Waals surface area contributed by atoms with Crippen molar-refractivity contribution in [3.63, 3.8) is 0 Å². The third-order valence-corrected chi connectivity index (χ3v) is 3.95. The number of nitrogens with one attached hydrogen (secondary N) is 1. The normalized spacial score (nSPS) is 10.9. The lowest BCUT2D eigenvalue weighted by Crippen LogP contribution is -1.95. The van der Waals surface area contributed by atoms with Gasteiger partial charge in [0.15, 0.2) is 0 Å². The molecular weight excluding hydrogens is 388 g/mol. The number of imidazole rings is 1. The fraction of sp³-hybridized carbons (Fsp3) is 0. The molecule has 0 fully saturated rings. The molecule has 20 heavy (non-hydrogen) atoms. The van der Waals surface area contributed by atoms with Crippen LogP contribution in [0.5, 0.6) is 0 Å². The van der Waals surface area contributed by atoms with Crippen molar-refractivity contribution in [2.45, 2.75) is 0 Å². The van der Waals surface area contributed by atoms with Crippen molar-refractivity contribution in [1.82, 2.24) is 9.97 Å². The average Bonchev–Trinajstić information content (AvgIpc) is 2.83. The number of aromatic amines is 1. The molecule has 0 spiro atoms. The zero-order valence-electron chi connectivity index (χ0n) is 10.0. The SMILES string of the molecule is O=C(O)c1cccc(-c2nc3c(Br)cc(Br)cc3[nH]2)c1. The first-order valence-electron chi connectivity index (χ1n) is 5.73. The van der Waals surface area contributed by atoms with Gasteiger partial charge in [-0.05, 0) is 40.2 Å².